The van der Waals surface area contributed by atoms with E-state index in [0.29, 0.717) is 51.4 Å². The average molecular weight is 754 g/mol. The second-order valence-corrected chi connectivity index (χ2v) is 16.8. The molecule has 1 saturated carbocycles. The molecule has 0 spiro atoms. The van der Waals surface area contributed by atoms with Crippen LogP contribution in [0.2, 0.25) is 0 Å². The first kappa shape index (κ1) is 43.5. The summed E-state index contributed by atoms with van der Waals surface area (Å²) >= 11 is 0. The number of piperazine rings is 2. The maximum atomic E-state index is 14.7. The van der Waals surface area contributed by atoms with Crippen molar-refractivity contribution in [3.05, 3.63) is 35.9 Å². The standard InChI is InChI=1S/C42H71N7O5/c1-7-8-19-36(48-26-27-49(42(54)47-24-22-46(6)23-25-47)37(41(48)53)29-33-17-13-10-14-18-33)40(52)44-35(28-32-15-11-9-12-16-32)38(50)30-34(31(2)3)39(51)43-20-21-45(4)5/h10,13-14,17-18,31-32,34-38,50H,7-9,11-12,15-16,19-30H2,1-6H3,(H,43,51)(H,44,52)/t34-,35-,36+,37-,38-/m0/s1. The van der Waals surface area contributed by atoms with Gasteiger partial charge in [-0.05, 0) is 57.8 Å². The number of carbonyl (C=O) groups is 4. The largest absolute Gasteiger partial charge is 0.391 e. The molecule has 12 nitrogen and oxygen atoms in total. The van der Waals surface area contributed by atoms with Crippen LogP contribution in [-0.4, -0.2) is 151 Å². The molecule has 54 heavy (non-hydrogen) atoms. The van der Waals surface area contributed by atoms with Crippen LogP contribution in [0.1, 0.15) is 90.5 Å². The lowest BCUT2D eigenvalue weighted by Crippen LogP contribution is -2.66. The smallest absolute Gasteiger partial charge is 0.320 e. The lowest BCUT2D eigenvalue weighted by Gasteiger charge is -2.46. The number of nitrogens with zero attached hydrogens (tertiary/aromatic N) is 5. The van der Waals surface area contributed by atoms with Gasteiger partial charge in [0.2, 0.25) is 17.7 Å². The molecule has 0 unspecified atom stereocenters. The van der Waals surface area contributed by atoms with Gasteiger partial charge in [0.15, 0.2) is 0 Å². The monoisotopic (exact) mass is 754 g/mol. The lowest BCUT2D eigenvalue weighted by molar-refractivity contribution is -0.149. The van der Waals surface area contributed by atoms with Gasteiger partial charge in [0.25, 0.3) is 0 Å². The summed E-state index contributed by atoms with van der Waals surface area (Å²) in [5.41, 5.74) is 0.963. The Hall–Kier alpha value is -3.22. The zero-order valence-electron chi connectivity index (χ0n) is 34.2. The summed E-state index contributed by atoms with van der Waals surface area (Å²) in [6.45, 7) is 10.8. The van der Waals surface area contributed by atoms with Crippen LogP contribution in [0.5, 0.6) is 0 Å². The van der Waals surface area contributed by atoms with Crippen LogP contribution in [0.3, 0.4) is 0 Å². The third kappa shape index (κ3) is 12.7. The third-order valence-electron chi connectivity index (χ3n) is 11.9. The van der Waals surface area contributed by atoms with Crippen LogP contribution in [0.25, 0.3) is 0 Å². The number of hydrogen-bond donors (Lipinski definition) is 3. The normalized spacial score (nSPS) is 21.2. The second kappa shape index (κ2) is 21.8. The van der Waals surface area contributed by atoms with Crippen molar-refractivity contribution in [3.8, 4) is 0 Å². The maximum Gasteiger partial charge on any atom is 0.320 e. The molecule has 1 aromatic carbocycles. The quantitative estimate of drug-likeness (QED) is 0.208. The minimum Gasteiger partial charge on any atom is -0.391 e. The minimum atomic E-state index is -0.922. The van der Waals surface area contributed by atoms with Crippen molar-refractivity contribution < 1.29 is 24.3 Å². The third-order valence-corrected chi connectivity index (χ3v) is 11.9. The lowest BCUT2D eigenvalue weighted by atomic mass is 9.81. The molecular formula is C42H71N7O5. The molecule has 12 heteroatoms. The molecule has 2 heterocycles. The van der Waals surface area contributed by atoms with E-state index in [1.165, 1.54) is 6.42 Å². The molecule has 2 aliphatic heterocycles. The Kier molecular flexibility index (Phi) is 17.5. The molecule has 0 bridgehead atoms. The van der Waals surface area contributed by atoms with Crippen LogP contribution in [-0.2, 0) is 20.8 Å². The molecule has 4 rings (SSSR count). The summed E-state index contributed by atoms with van der Waals surface area (Å²) < 4.78 is 0. The molecule has 3 aliphatic rings. The van der Waals surface area contributed by atoms with E-state index in [1.54, 1.807) is 9.80 Å². The molecule has 1 aliphatic carbocycles. The first-order chi connectivity index (χ1) is 25.9. The highest BCUT2D eigenvalue weighted by atomic mass is 16.3. The first-order valence-electron chi connectivity index (χ1n) is 20.9. The highest BCUT2D eigenvalue weighted by Crippen LogP contribution is 2.30. The van der Waals surface area contributed by atoms with Crippen LogP contribution in [0, 0.1) is 17.8 Å². The number of rotatable bonds is 18. The van der Waals surface area contributed by atoms with E-state index in [-0.39, 0.29) is 42.6 Å². The highest BCUT2D eigenvalue weighted by molar-refractivity contribution is 5.93. The highest BCUT2D eigenvalue weighted by Gasteiger charge is 2.44. The van der Waals surface area contributed by atoms with Crippen LogP contribution in [0.4, 0.5) is 4.79 Å². The number of amides is 5. The summed E-state index contributed by atoms with van der Waals surface area (Å²) in [7, 11) is 5.98. The zero-order chi connectivity index (χ0) is 39.2. The Morgan fingerprint density at radius 1 is 0.944 bits per heavy atom. The number of carbonyl (C=O) groups excluding carboxylic acids is 4. The van der Waals surface area contributed by atoms with Gasteiger partial charge < -0.3 is 40.2 Å². The minimum absolute atomic E-state index is 0.00589. The molecule has 5 amide bonds. The van der Waals surface area contributed by atoms with Gasteiger partial charge >= 0.3 is 6.03 Å². The topological polar surface area (TPSA) is 129 Å². The maximum absolute atomic E-state index is 14.7. The average Bonchev–Trinajstić information content (AvgIpc) is 3.15. The van der Waals surface area contributed by atoms with Crippen molar-refractivity contribution in [1.82, 2.24) is 35.1 Å². The molecule has 1 aromatic rings. The Balaban J connectivity index is 1.56. The molecule has 2 saturated heterocycles. The van der Waals surface area contributed by atoms with Gasteiger partial charge in [-0.2, -0.15) is 0 Å². The molecule has 304 valence electrons. The number of nitrogens with one attached hydrogen (secondary N) is 2. The van der Waals surface area contributed by atoms with Crippen LogP contribution < -0.4 is 10.6 Å². The van der Waals surface area contributed by atoms with Gasteiger partial charge in [0.1, 0.15) is 12.1 Å². The number of aliphatic hydroxyl groups is 1. The number of aliphatic hydroxyl groups excluding tert-OH is 1. The molecule has 3 fully saturated rings. The molecule has 0 radical (unpaired) electrons. The molecule has 0 aromatic heterocycles. The summed E-state index contributed by atoms with van der Waals surface area (Å²) in [5.74, 6) is -0.567. The van der Waals surface area contributed by atoms with Crippen molar-refractivity contribution in [2.45, 2.75) is 116 Å². The predicted molar refractivity (Wildman–Crippen MR) is 214 cm³/mol. The van der Waals surface area contributed by atoms with Gasteiger partial charge in [-0.3, -0.25) is 14.4 Å². The van der Waals surface area contributed by atoms with Crippen molar-refractivity contribution in [1.29, 1.82) is 0 Å². The van der Waals surface area contributed by atoms with Crippen molar-refractivity contribution in [2.75, 3.05) is 73.5 Å². The van der Waals surface area contributed by atoms with E-state index in [0.717, 1.165) is 63.7 Å². The van der Waals surface area contributed by atoms with E-state index in [9.17, 15) is 24.3 Å². The SMILES string of the molecule is CCCC[C@H](C(=O)N[C@@H](CC1CCCCC1)[C@@H](O)C[C@H](C(=O)NCCN(C)C)C(C)C)N1CCN(C(=O)N2CCN(C)CC2)[C@@H](Cc2ccccc2)C1=O. The van der Waals surface area contributed by atoms with E-state index >= 15 is 0 Å². The van der Waals surface area contributed by atoms with Crippen molar-refractivity contribution in [3.63, 3.8) is 0 Å². The summed E-state index contributed by atoms with van der Waals surface area (Å²) in [4.78, 5) is 66.1. The molecule has 3 N–H and O–H groups in total. The fraction of sp³-hybridized carbons (Fsp3) is 0.762. The number of likely N-dealkylation sites (N-methyl/N-ethyl adjacent to an activating group) is 2. The Labute approximate surface area is 325 Å². The van der Waals surface area contributed by atoms with E-state index in [2.05, 4.69) is 29.5 Å². The number of unbranched alkanes of at least 4 members (excludes halogenated alkanes) is 1. The Bertz CT molecular complexity index is 1320. The summed E-state index contributed by atoms with van der Waals surface area (Å²) in [6.07, 6.45) is 8.03. The van der Waals surface area contributed by atoms with Gasteiger partial charge in [-0.15, -0.1) is 0 Å². The number of urea groups is 1. The summed E-state index contributed by atoms with van der Waals surface area (Å²) in [5, 5.41) is 18.2. The fourth-order valence-corrected chi connectivity index (χ4v) is 8.40. The van der Waals surface area contributed by atoms with Crippen LogP contribution >= 0.6 is 0 Å². The van der Waals surface area contributed by atoms with E-state index in [4.69, 9.17) is 0 Å². The first-order valence-corrected chi connectivity index (χ1v) is 20.9. The number of benzene rings is 1. The Morgan fingerprint density at radius 3 is 2.26 bits per heavy atom. The molecule has 5 atom stereocenters. The van der Waals surface area contributed by atoms with E-state index < -0.39 is 30.1 Å². The van der Waals surface area contributed by atoms with Gasteiger partial charge in [0, 0.05) is 64.7 Å². The van der Waals surface area contributed by atoms with E-state index in [1.807, 2.05) is 68.1 Å². The van der Waals surface area contributed by atoms with Gasteiger partial charge in [-0.1, -0.05) is 96.0 Å². The summed E-state index contributed by atoms with van der Waals surface area (Å²) in [6, 6.07) is 7.67. The second-order valence-electron chi connectivity index (χ2n) is 16.8. The zero-order valence-corrected chi connectivity index (χ0v) is 34.2. The fourth-order valence-electron chi connectivity index (χ4n) is 8.40. The van der Waals surface area contributed by atoms with Crippen molar-refractivity contribution in [2.24, 2.45) is 17.8 Å². The van der Waals surface area contributed by atoms with Gasteiger partial charge in [-0.25, -0.2) is 4.79 Å². The van der Waals surface area contributed by atoms with Crippen molar-refractivity contribution >= 4 is 23.8 Å². The molecular weight excluding hydrogens is 683 g/mol. The Morgan fingerprint density at radius 2 is 1.63 bits per heavy atom. The predicted octanol–water partition coefficient (Wildman–Crippen LogP) is 3.82. The van der Waals surface area contributed by atoms with Crippen LogP contribution in [0.15, 0.2) is 30.3 Å². The number of hydrogen-bond acceptors (Lipinski definition) is 7. The van der Waals surface area contributed by atoms with Gasteiger partial charge in [0.05, 0.1) is 12.1 Å².